The number of hydrogen-bond donors (Lipinski definition) is 2. The minimum atomic E-state index is -1.06. The number of aliphatic carboxylic acids is 2. The van der Waals surface area contributed by atoms with E-state index >= 15 is 0 Å². The van der Waals surface area contributed by atoms with Crippen molar-refractivity contribution >= 4 is 11.9 Å². The molecule has 1 unspecified atom stereocenters. The Balaban J connectivity index is 3.53. The molecule has 0 aliphatic carbocycles. The SMILES string of the molecule is CCC/C=C/CCCCCCC/C=C/CC(CC(=O)O)C(=O)O. The Bertz CT molecular complexity index is 372. The molecule has 0 fully saturated rings. The van der Waals surface area contributed by atoms with E-state index in [1.807, 2.05) is 6.08 Å². The van der Waals surface area contributed by atoms with Crippen LogP contribution in [-0.4, -0.2) is 22.2 Å². The Kier molecular flexibility index (Phi) is 14.3. The number of carboxylic acid groups (broad SMARTS) is 2. The zero-order chi connectivity index (χ0) is 17.3. The van der Waals surface area contributed by atoms with Gasteiger partial charge in [0.25, 0.3) is 0 Å². The van der Waals surface area contributed by atoms with Gasteiger partial charge in [-0.25, -0.2) is 0 Å². The molecule has 0 radical (unpaired) electrons. The smallest absolute Gasteiger partial charge is 0.307 e. The van der Waals surface area contributed by atoms with Crippen LogP contribution in [0.2, 0.25) is 0 Å². The zero-order valence-corrected chi connectivity index (χ0v) is 14.4. The first kappa shape index (κ1) is 21.4. The van der Waals surface area contributed by atoms with Gasteiger partial charge in [0.05, 0.1) is 12.3 Å². The number of carbonyl (C=O) groups is 2. The molecule has 0 bridgehead atoms. The van der Waals surface area contributed by atoms with Crippen molar-refractivity contribution in [2.24, 2.45) is 5.92 Å². The van der Waals surface area contributed by atoms with Crippen LogP contribution in [0.1, 0.15) is 77.6 Å². The van der Waals surface area contributed by atoms with Crippen molar-refractivity contribution in [1.29, 1.82) is 0 Å². The first-order valence-corrected chi connectivity index (χ1v) is 8.82. The van der Waals surface area contributed by atoms with E-state index in [9.17, 15) is 9.59 Å². The molecule has 2 N–H and O–H groups in total. The van der Waals surface area contributed by atoms with Crippen LogP contribution in [0.15, 0.2) is 24.3 Å². The van der Waals surface area contributed by atoms with Crippen LogP contribution in [0.4, 0.5) is 0 Å². The third kappa shape index (κ3) is 15.1. The minimum Gasteiger partial charge on any atom is -0.481 e. The summed E-state index contributed by atoms with van der Waals surface area (Å²) >= 11 is 0. The highest BCUT2D eigenvalue weighted by Gasteiger charge is 2.18. The van der Waals surface area contributed by atoms with E-state index in [1.54, 1.807) is 6.08 Å². The number of unbranched alkanes of at least 4 members (excludes halogenated alkanes) is 7. The van der Waals surface area contributed by atoms with Gasteiger partial charge in [0.1, 0.15) is 0 Å². The molecule has 0 saturated carbocycles. The highest BCUT2D eigenvalue weighted by molar-refractivity contribution is 5.77. The molecule has 4 heteroatoms. The van der Waals surface area contributed by atoms with Crippen LogP contribution in [0.25, 0.3) is 0 Å². The van der Waals surface area contributed by atoms with Gasteiger partial charge in [-0.1, -0.05) is 56.9 Å². The average molecular weight is 324 g/mol. The molecule has 4 nitrogen and oxygen atoms in total. The summed E-state index contributed by atoms with van der Waals surface area (Å²) < 4.78 is 0. The number of hydrogen-bond acceptors (Lipinski definition) is 2. The Morgan fingerprint density at radius 2 is 1.35 bits per heavy atom. The van der Waals surface area contributed by atoms with Crippen LogP contribution in [-0.2, 0) is 9.59 Å². The van der Waals surface area contributed by atoms with Crippen LogP contribution in [0.5, 0.6) is 0 Å². The second-order valence-electron chi connectivity index (χ2n) is 5.95. The highest BCUT2D eigenvalue weighted by Crippen LogP contribution is 2.12. The van der Waals surface area contributed by atoms with Gasteiger partial charge < -0.3 is 10.2 Å². The number of carboxylic acids is 2. The summed E-state index contributed by atoms with van der Waals surface area (Å²) in [4.78, 5) is 21.4. The lowest BCUT2D eigenvalue weighted by atomic mass is 10.0. The Morgan fingerprint density at radius 3 is 1.87 bits per heavy atom. The lowest BCUT2D eigenvalue weighted by Crippen LogP contribution is -2.16. The molecule has 0 rings (SSSR count). The molecule has 0 aliphatic heterocycles. The van der Waals surface area contributed by atoms with E-state index < -0.39 is 17.9 Å². The van der Waals surface area contributed by atoms with Crippen molar-refractivity contribution in [1.82, 2.24) is 0 Å². The first-order valence-electron chi connectivity index (χ1n) is 8.82. The van der Waals surface area contributed by atoms with Gasteiger partial charge in [0.2, 0.25) is 0 Å². The Hall–Kier alpha value is -1.58. The van der Waals surface area contributed by atoms with Gasteiger partial charge in [-0.2, -0.15) is 0 Å². The fourth-order valence-electron chi connectivity index (χ4n) is 2.32. The summed E-state index contributed by atoms with van der Waals surface area (Å²) in [6.07, 6.45) is 18.9. The first-order chi connectivity index (χ1) is 11.1. The maximum atomic E-state index is 10.9. The summed E-state index contributed by atoms with van der Waals surface area (Å²) in [6, 6.07) is 0. The molecule has 0 heterocycles. The van der Waals surface area contributed by atoms with E-state index in [4.69, 9.17) is 10.2 Å². The van der Waals surface area contributed by atoms with Crippen LogP contribution in [0.3, 0.4) is 0 Å². The van der Waals surface area contributed by atoms with E-state index in [0.29, 0.717) is 6.42 Å². The third-order valence-corrected chi connectivity index (χ3v) is 3.72. The van der Waals surface area contributed by atoms with Crippen LogP contribution in [0, 0.1) is 5.92 Å². The largest absolute Gasteiger partial charge is 0.481 e. The zero-order valence-electron chi connectivity index (χ0n) is 14.4. The van der Waals surface area contributed by atoms with Gasteiger partial charge in [0.15, 0.2) is 0 Å². The maximum absolute atomic E-state index is 10.9. The van der Waals surface area contributed by atoms with E-state index in [2.05, 4.69) is 19.1 Å². The minimum absolute atomic E-state index is 0.297. The van der Waals surface area contributed by atoms with E-state index in [0.717, 1.165) is 12.8 Å². The number of rotatable bonds is 15. The van der Waals surface area contributed by atoms with Crippen molar-refractivity contribution in [3.8, 4) is 0 Å². The molecule has 0 amide bonds. The molecule has 0 aromatic heterocycles. The Morgan fingerprint density at radius 1 is 0.826 bits per heavy atom. The predicted octanol–water partition coefficient (Wildman–Crippen LogP) is 5.20. The molecule has 0 aromatic carbocycles. The van der Waals surface area contributed by atoms with Gasteiger partial charge in [-0.15, -0.1) is 0 Å². The molecule has 1 atom stereocenters. The number of allylic oxidation sites excluding steroid dienone is 4. The van der Waals surface area contributed by atoms with E-state index in [1.165, 1.54) is 44.9 Å². The van der Waals surface area contributed by atoms with Gasteiger partial charge in [0, 0.05) is 0 Å². The molecular weight excluding hydrogens is 292 g/mol. The summed E-state index contributed by atoms with van der Waals surface area (Å²) in [6.45, 7) is 2.19. The van der Waals surface area contributed by atoms with Crippen molar-refractivity contribution in [3.63, 3.8) is 0 Å². The van der Waals surface area contributed by atoms with Crippen LogP contribution >= 0.6 is 0 Å². The molecule has 0 saturated heterocycles. The van der Waals surface area contributed by atoms with Gasteiger partial charge >= 0.3 is 11.9 Å². The fraction of sp³-hybridized carbons (Fsp3) is 0.684. The van der Waals surface area contributed by atoms with Crippen molar-refractivity contribution in [2.75, 3.05) is 0 Å². The average Bonchev–Trinajstić information content (AvgIpc) is 2.50. The summed E-state index contributed by atoms with van der Waals surface area (Å²) in [7, 11) is 0. The fourth-order valence-corrected chi connectivity index (χ4v) is 2.32. The summed E-state index contributed by atoms with van der Waals surface area (Å²) in [5.74, 6) is -2.91. The standard InChI is InChI=1S/C19H32O4/c1-2-3-4-5-6-7-8-9-10-11-12-13-14-15-17(19(22)23)16-18(20)21/h4-5,13-14,17H,2-3,6-12,15-16H2,1H3,(H,20,21)(H,22,23)/b5-4+,14-13+. The molecule has 132 valence electrons. The van der Waals surface area contributed by atoms with Crippen molar-refractivity contribution in [2.45, 2.75) is 77.6 Å². The van der Waals surface area contributed by atoms with Crippen molar-refractivity contribution < 1.29 is 19.8 Å². The maximum Gasteiger partial charge on any atom is 0.307 e. The van der Waals surface area contributed by atoms with Gasteiger partial charge in [-0.05, 0) is 38.5 Å². The molecule has 0 spiro atoms. The second kappa shape index (κ2) is 15.3. The summed E-state index contributed by atoms with van der Waals surface area (Å²) in [5, 5.41) is 17.6. The normalized spacial score (nSPS) is 12.9. The van der Waals surface area contributed by atoms with Crippen molar-refractivity contribution in [3.05, 3.63) is 24.3 Å². The molecule has 0 aromatic rings. The quantitative estimate of drug-likeness (QED) is 0.321. The second-order valence-corrected chi connectivity index (χ2v) is 5.95. The molecular formula is C19H32O4. The topological polar surface area (TPSA) is 74.6 Å². The lowest BCUT2D eigenvalue weighted by Gasteiger charge is -2.05. The monoisotopic (exact) mass is 324 g/mol. The molecule has 0 aliphatic rings. The van der Waals surface area contributed by atoms with E-state index in [-0.39, 0.29) is 6.42 Å². The van der Waals surface area contributed by atoms with Crippen LogP contribution < -0.4 is 0 Å². The third-order valence-electron chi connectivity index (χ3n) is 3.72. The van der Waals surface area contributed by atoms with Gasteiger partial charge in [-0.3, -0.25) is 9.59 Å². The molecule has 23 heavy (non-hydrogen) atoms. The Labute approximate surface area is 140 Å². The predicted molar refractivity (Wildman–Crippen MR) is 93.5 cm³/mol. The highest BCUT2D eigenvalue weighted by atomic mass is 16.4. The summed E-state index contributed by atoms with van der Waals surface area (Å²) in [5.41, 5.74) is 0. The lowest BCUT2D eigenvalue weighted by molar-refractivity contribution is -0.148.